The molecule has 0 aliphatic heterocycles. The van der Waals surface area contributed by atoms with Crippen LogP contribution in [-0.2, 0) is 13.2 Å². The normalized spacial score (nSPS) is 12.1. The van der Waals surface area contributed by atoms with Gasteiger partial charge < -0.3 is 9.67 Å². The van der Waals surface area contributed by atoms with Gasteiger partial charge in [0.25, 0.3) is 0 Å². The first-order valence-electron chi connectivity index (χ1n) is 3.32. The first-order valence-corrected chi connectivity index (χ1v) is 4.14. The van der Waals surface area contributed by atoms with Crippen molar-refractivity contribution < 1.29 is 5.11 Å². The quantitative estimate of drug-likeness (QED) is 0.818. The Morgan fingerprint density at radius 3 is 3.00 bits per heavy atom. The predicted molar refractivity (Wildman–Crippen MR) is 47.9 cm³/mol. The van der Waals surface area contributed by atoms with Crippen molar-refractivity contribution in [1.29, 1.82) is 0 Å². The van der Waals surface area contributed by atoms with Crippen molar-refractivity contribution in [3.05, 3.63) is 28.8 Å². The molecule has 1 rings (SSSR count). The lowest BCUT2D eigenvalue weighted by Crippen LogP contribution is -1.93. The monoisotopic (exact) mass is 206 g/mol. The van der Waals surface area contributed by atoms with E-state index in [1.807, 2.05) is 0 Å². The topological polar surface area (TPSA) is 38.0 Å². The zero-order valence-corrected chi connectivity index (χ0v) is 7.76. The first kappa shape index (κ1) is 9.58. The van der Waals surface area contributed by atoms with Gasteiger partial charge in [-0.2, -0.15) is 0 Å². The minimum Gasteiger partial charge on any atom is -0.390 e. The van der Waals surface area contributed by atoms with Gasteiger partial charge in [0, 0.05) is 16.8 Å². The van der Waals surface area contributed by atoms with Crippen LogP contribution in [-0.4, -0.2) is 14.7 Å². The van der Waals surface area contributed by atoms with Crippen molar-refractivity contribution in [3.8, 4) is 0 Å². The van der Waals surface area contributed by atoms with Crippen molar-refractivity contribution in [2.24, 2.45) is 0 Å². The average Bonchev–Trinajstić information content (AvgIpc) is 2.52. The van der Waals surface area contributed by atoms with E-state index in [-0.39, 0.29) is 6.61 Å². The first-order chi connectivity index (χ1) is 5.76. The number of aromatic nitrogens is 2. The maximum Gasteiger partial charge on any atom is 0.0953 e. The van der Waals surface area contributed by atoms with Crippen LogP contribution in [0, 0.1) is 0 Å². The smallest absolute Gasteiger partial charge is 0.0953 e. The molecular weight excluding hydrogens is 199 g/mol. The van der Waals surface area contributed by atoms with Gasteiger partial charge in [-0.1, -0.05) is 23.2 Å². The minimum absolute atomic E-state index is 0.0603. The Hall–Kier alpha value is -0.510. The fourth-order valence-corrected chi connectivity index (χ4v) is 0.990. The zero-order valence-electron chi connectivity index (χ0n) is 6.24. The molecule has 0 amide bonds. The summed E-state index contributed by atoms with van der Waals surface area (Å²) < 4.78 is 1.74. The van der Waals surface area contributed by atoms with Gasteiger partial charge in [0.05, 0.1) is 25.2 Å². The van der Waals surface area contributed by atoms with Crippen LogP contribution >= 0.6 is 23.2 Å². The summed E-state index contributed by atoms with van der Waals surface area (Å²) in [6.07, 6.45) is 3.30. The van der Waals surface area contributed by atoms with Crippen molar-refractivity contribution in [3.63, 3.8) is 0 Å². The van der Waals surface area contributed by atoms with Gasteiger partial charge in [-0.05, 0) is 0 Å². The number of hydrogen-bond acceptors (Lipinski definition) is 2. The summed E-state index contributed by atoms with van der Waals surface area (Å²) in [5.41, 5.74) is 1.93. The number of nitrogens with zero attached hydrogens (tertiary/aromatic N) is 2. The third-order valence-electron chi connectivity index (χ3n) is 1.30. The molecule has 0 aliphatic carbocycles. The van der Waals surface area contributed by atoms with E-state index in [1.165, 1.54) is 5.54 Å². The highest BCUT2D eigenvalue weighted by atomic mass is 35.5. The standard InChI is InChI=1S/C7H8Cl2N2O/c8-1-6(9)2-11-3-7(4-12)10-5-11/h1,3,5,12H,2,4H2. The van der Waals surface area contributed by atoms with Crippen LogP contribution in [0.1, 0.15) is 5.69 Å². The number of hydrogen-bond donors (Lipinski definition) is 1. The number of halogens is 2. The summed E-state index contributed by atoms with van der Waals surface area (Å²) in [5, 5.41) is 9.22. The molecule has 12 heavy (non-hydrogen) atoms. The zero-order chi connectivity index (χ0) is 8.97. The Balaban J connectivity index is 2.64. The summed E-state index contributed by atoms with van der Waals surface area (Å²) in [6, 6.07) is 0. The summed E-state index contributed by atoms with van der Waals surface area (Å²) in [4.78, 5) is 3.91. The second kappa shape index (κ2) is 4.50. The van der Waals surface area contributed by atoms with E-state index < -0.39 is 0 Å². The molecule has 0 bridgehead atoms. The van der Waals surface area contributed by atoms with Crippen LogP contribution in [0.25, 0.3) is 0 Å². The summed E-state index contributed by atoms with van der Waals surface area (Å²) >= 11 is 11.0. The van der Waals surface area contributed by atoms with Gasteiger partial charge in [0.15, 0.2) is 0 Å². The van der Waals surface area contributed by atoms with Crippen LogP contribution in [0.4, 0.5) is 0 Å². The average molecular weight is 207 g/mol. The molecule has 1 heterocycles. The molecular formula is C7H8Cl2N2O. The highest BCUT2D eigenvalue weighted by molar-refractivity contribution is 6.36. The van der Waals surface area contributed by atoms with Gasteiger partial charge in [0.1, 0.15) is 0 Å². The number of aliphatic hydroxyl groups is 1. The van der Waals surface area contributed by atoms with Gasteiger partial charge in [-0.15, -0.1) is 0 Å². The molecule has 0 saturated heterocycles. The summed E-state index contributed by atoms with van der Waals surface area (Å²) in [7, 11) is 0. The van der Waals surface area contributed by atoms with Gasteiger partial charge in [-0.3, -0.25) is 0 Å². The van der Waals surface area contributed by atoms with Crippen LogP contribution < -0.4 is 0 Å². The third kappa shape index (κ3) is 2.52. The van der Waals surface area contributed by atoms with Crippen LogP contribution in [0.3, 0.4) is 0 Å². The number of allylic oxidation sites excluding steroid dienone is 1. The molecule has 0 aromatic carbocycles. The number of rotatable bonds is 3. The molecule has 1 aromatic rings. The lowest BCUT2D eigenvalue weighted by molar-refractivity contribution is 0.277. The molecule has 66 valence electrons. The Labute approximate surface area is 80.2 Å². The predicted octanol–water partition coefficient (Wildman–Crippen LogP) is 1.69. The van der Waals surface area contributed by atoms with Crippen LogP contribution in [0.5, 0.6) is 0 Å². The molecule has 0 fully saturated rings. The van der Waals surface area contributed by atoms with Crippen LogP contribution in [0.15, 0.2) is 23.1 Å². The fraction of sp³-hybridized carbons (Fsp3) is 0.286. The highest BCUT2D eigenvalue weighted by Gasteiger charge is 1.97. The SMILES string of the molecule is OCc1cn(CC(Cl)=CCl)cn1. The minimum atomic E-state index is -0.0603. The van der Waals surface area contributed by atoms with E-state index in [1.54, 1.807) is 17.1 Å². The molecule has 5 heteroatoms. The summed E-state index contributed by atoms with van der Waals surface area (Å²) in [6.45, 7) is 0.424. The molecule has 0 atom stereocenters. The number of aliphatic hydroxyl groups excluding tert-OH is 1. The van der Waals surface area contributed by atoms with E-state index in [0.717, 1.165) is 0 Å². The molecule has 0 spiro atoms. The summed E-state index contributed by atoms with van der Waals surface area (Å²) in [5.74, 6) is 0. The van der Waals surface area contributed by atoms with Crippen molar-refractivity contribution >= 4 is 23.2 Å². The lowest BCUT2D eigenvalue weighted by atomic mass is 10.5. The molecule has 0 saturated carbocycles. The molecule has 0 aliphatic rings. The largest absolute Gasteiger partial charge is 0.390 e. The molecule has 0 radical (unpaired) electrons. The number of imidazole rings is 1. The molecule has 0 unspecified atom stereocenters. The Morgan fingerprint density at radius 2 is 2.50 bits per heavy atom. The molecule has 1 N–H and O–H groups in total. The Kier molecular flexibility index (Phi) is 3.59. The maximum absolute atomic E-state index is 8.69. The van der Waals surface area contributed by atoms with E-state index >= 15 is 0 Å². The van der Waals surface area contributed by atoms with Crippen molar-refractivity contribution in [2.75, 3.05) is 0 Å². The second-order valence-electron chi connectivity index (χ2n) is 2.25. The fourth-order valence-electron chi connectivity index (χ4n) is 0.783. The van der Waals surface area contributed by atoms with Gasteiger partial charge in [0.2, 0.25) is 0 Å². The van der Waals surface area contributed by atoms with Crippen molar-refractivity contribution in [1.82, 2.24) is 9.55 Å². The molecule has 3 nitrogen and oxygen atoms in total. The highest BCUT2D eigenvalue weighted by Crippen LogP contribution is 2.07. The van der Waals surface area contributed by atoms with Gasteiger partial charge >= 0.3 is 0 Å². The third-order valence-corrected chi connectivity index (χ3v) is 1.90. The Bertz CT molecular complexity index is 283. The van der Waals surface area contributed by atoms with E-state index in [2.05, 4.69) is 4.98 Å². The van der Waals surface area contributed by atoms with Gasteiger partial charge in [-0.25, -0.2) is 4.98 Å². The van der Waals surface area contributed by atoms with E-state index in [0.29, 0.717) is 17.3 Å². The van der Waals surface area contributed by atoms with Crippen molar-refractivity contribution in [2.45, 2.75) is 13.2 Å². The Morgan fingerprint density at radius 1 is 1.75 bits per heavy atom. The van der Waals surface area contributed by atoms with Crippen LogP contribution in [0.2, 0.25) is 0 Å². The second-order valence-corrected chi connectivity index (χ2v) is 2.96. The van der Waals surface area contributed by atoms with E-state index in [9.17, 15) is 0 Å². The van der Waals surface area contributed by atoms with E-state index in [4.69, 9.17) is 28.3 Å². The lowest BCUT2D eigenvalue weighted by Gasteiger charge is -1.97. The maximum atomic E-state index is 8.69. The molecule has 1 aromatic heterocycles.